The lowest BCUT2D eigenvalue weighted by Crippen LogP contribution is -2.27. The van der Waals surface area contributed by atoms with Gasteiger partial charge in [0.15, 0.2) is 5.71 Å². The van der Waals surface area contributed by atoms with Crippen molar-refractivity contribution < 1.29 is 9.31 Å². The Hall–Kier alpha value is -3.85. The van der Waals surface area contributed by atoms with Gasteiger partial charge in [-0.3, -0.25) is 0 Å². The highest BCUT2D eigenvalue weighted by molar-refractivity contribution is 6.04. The number of hydrogen-bond acceptors (Lipinski definition) is 2. The number of para-hydroxylation sites is 2. The van der Waals surface area contributed by atoms with Crippen LogP contribution < -0.4 is 9.64 Å². The van der Waals surface area contributed by atoms with E-state index in [0.29, 0.717) is 0 Å². The molecule has 3 nitrogen and oxygen atoms in total. The van der Waals surface area contributed by atoms with Gasteiger partial charge in [-0.1, -0.05) is 60.7 Å². The monoisotopic (exact) mass is 447 g/mol. The first-order valence-electron chi connectivity index (χ1n) is 11.7. The van der Waals surface area contributed by atoms with Crippen LogP contribution in [0.1, 0.15) is 30.5 Å². The Labute approximate surface area is 202 Å². The van der Waals surface area contributed by atoms with Gasteiger partial charge in [-0.25, -0.2) is 0 Å². The van der Waals surface area contributed by atoms with E-state index in [4.69, 9.17) is 4.74 Å². The topological polar surface area (TPSA) is 15.5 Å². The summed E-state index contributed by atoms with van der Waals surface area (Å²) in [5.74, 6) is 1.74. The molecule has 0 amide bonds. The van der Waals surface area contributed by atoms with E-state index in [1.54, 1.807) is 0 Å². The Morgan fingerprint density at radius 1 is 0.853 bits per heavy atom. The summed E-state index contributed by atoms with van der Waals surface area (Å²) in [6.07, 6.45) is 8.69. The molecule has 0 radical (unpaired) electrons. The number of benzene rings is 3. The number of allylic oxidation sites excluding steroid dienone is 4. The van der Waals surface area contributed by atoms with Crippen molar-refractivity contribution in [3.8, 4) is 5.75 Å². The number of anilines is 1. The second-order valence-electron chi connectivity index (χ2n) is 9.65. The average Bonchev–Trinajstić information content (AvgIpc) is 3.03. The highest BCUT2D eigenvalue weighted by atomic mass is 16.5. The fourth-order valence-electron chi connectivity index (χ4n) is 4.85. The van der Waals surface area contributed by atoms with E-state index in [2.05, 4.69) is 129 Å². The van der Waals surface area contributed by atoms with Crippen molar-refractivity contribution in [2.75, 3.05) is 26.0 Å². The Morgan fingerprint density at radius 3 is 2.29 bits per heavy atom. The fourth-order valence-corrected chi connectivity index (χ4v) is 4.85. The maximum Gasteiger partial charge on any atom is 0.209 e. The van der Waals surface area contributed by atoms with Crippen LogP contribution in [0.15, 0.2) is 96.8 Å². The van der Waals surface area contributed by atoms with Crippen LogP contribution in [0.5, 0.6) is 5.75 Å². The minimum atomic E-state index is -0.101. The van der Waals surface area contributed by atoms with Crippen LogP contribution in [-0.4, -0.2) is 31.4 Å². The molecule has 5 rings (SSSR count). The predicted molar refractivity (Wildman–Crippen MR) is 143 cm³/mol. The highest BCUT2D eigenvalue weighted by Gasteiger charge is 2.43. The summed E-state index contributed by atoms with van der Waals surface area (Å²) in [7, 11) is 6.25. The molecule has 0 fully saturated rings. The Kier molecular flexibility index (Phi) is 5.49. The van der Waals surface area contributed by atoms with Crippen LogP contribution in [-0.2, 0) is 5.41 Å². The van der Waals surface area contributed by atoms with E-state index < -0.39 is 0 Å². The lowest BCUT2D eigenvalue weighted by molar-refractivity contribution is -0.401. The van der Waals surface area contributed by atoms with E-state index in [-0.39, 0.29) is 5.41 Å². The zero-order valence-corrected chi connectivity index (χ0v) is 20.5. The quantitative estimate of drug-likeness (QED) is 0.407. The molecule has 0 aliphatic carbocycles. The molecule has 0 bridgehead atoms. The molecule has 0 aromatic heterocycles. The smallest absolute Gasteiger partial charge is 0.209 e. The van der Waals surface area contributed by atoms with E-state index in [1.807, 2.05) is 12.1 Å². The molecule has 2 aliphatic heterocycles. The summed E-state index contributed by atoms with van der Waals surface area (Å²) in [6.45, 7) is 4.56. The molecule has 2 aliphatic rings. The zero-order valence-electron chi connectivity index (χ0n) is 20.5. The van der Waals surface area contributed by atoms with Crippen molar-refractivity contribution in [3.63, 3.8) is 0 Å². The van der Waals surface area contributed by atoms with E-state index >= 15 is 0 Å². The standard InChI is InChI=1S/C31H31N2O/c1-31(2)27-11-7-8-12-28(27)33(5)30(31)21-25-20-23(26-10-6-9-13-29(26)34-25)17-14-22-15-18-24(19-16-22)32(3)4/h6-21H,1-5H3/q+1. The van der Waals surface area contributed by atoms with Crippen LogP contribution in [0, 0.1) is 0 Å². The third-order valence-corrected chi connectivity index (χ3v) is 6.81. The van der Waals surface area contributed by atoms with Crippen molar-refractivity contribution in [1.82, 2.24) is 0 Å². The van der Waals surface area contributed by atoms with Gasteiger partial charge < -0.3 is 9.64 Å². The predicted octanol–water partition coefficient (Wildman–Crippen LogP) is 6.83. The van der Waals surface area contributed by atoms with Crippen LogP contribution in [0.4, 0.5) is 11.4 Å². The summed E-state index contributed by atoms with van der Waals surface area (Å²) in [4.78, 5) is 2.11. The van der Waals surface area contributed by atoms with E-state index in [0.717, 1.165) is 22.6 Å². The Morgan fingerprint density at radius 2 is 1.56 bits per heavy atom. The fraction of sp³-hybridized carbons (Fsp3) is 0.194. The molecule has 0 unspecified atom stereocenters. The van der Waals surface area contributed by atoms with E-state index in [1.165, 1.54) is 28.2 Å². The van der Waals surface area contributed by atoms with Gasteiger partial charge in [0.2, 0.25) is 5.69 Å². The van der Waals surface area contributed by atoms with Gasteiger partial charge in [-0.05, 0) is 49.3 Å². The van der Waals surface area contributed by atoms with Gasteiger partial charge in [-0.2, -0.15) is 4.58 Å². The average molecular weight is 448 g/mol. The lowest BCUT2D eigenvalue weighted by Gasteiger charge is -2.20. The molecule has 0 N–H and O–H groups in total. The molecule has 0 saturated heterocycles. The minimum Gasteiger partial charge on any atom is -0.456 e. The summed E-state index contributed by atoms with van der Waals surface area (Å²) in [5, 5.41) is 0. The van der Waals surface area contributed by atoms with Crippen molar-refractivity contribution in [1.29, 1.82) is 0 Å². The number of hydrogen-bond donors (Lipinski definition) is 0. The van der Waals surface area contributed by atoms with Crippen LogP contribution >= 0.6 is 0 Å². The number of ether oxygens (including phenoxy) is 1. The van der Waals surface area contributed by atoms with Gasteiger partial charge >= 0.3 is 0 Å². The molecule has 2 heterocycles. The maximum absolute atomic E-state index is 6.36. The second kappa shape index (κ2) is 8.49. The van der Waals surface area contributed by atoms with Crippen LogP contribution in [0.2, 0.25) is 0 Å². The first kappa shape index (κ1) is 22.0. The van der Waals surface area contributed by atoms with Crippen LogP contribution in [0.25, 0.3) is 11.6 Å². The number of nitrogens with zero attached hydrogens (tertiary/aromatic N) is 2. The molecule has 3 heteroatoms. The lowest BCUT2D eigenvalue weighted by atomic mass is 9.81. The Balaban J connectivity index is 1.53. The SMILES string of the molecule is CN(C)c1ccc(C=CC2=CC(=CC3=[N+](C)c4ccccc4C3(C)C)Oc3ccccc32)cc1. The molecule has 0 atom stereocenters. The van der Waals surface area contributed by atoms with Crippen molar-refractivity contribution in [3.05, 3.63) is 113 Å². The summed E-state index contributed by atoms with van der Waals surface area (Å²) in [5.41, 5.74) is 8.32. The first-order valence-corrected chi connectivity index (χ1v) is 11.7. The van der Waals surface area contributed by atoms with Crippen molar-refractivity contribution >= 4 is 28.7 Å². The van der Waals surface area contributed by atoms with Crippen LogP contribution in [0.3, 0.4) is 0 Å². The van der Waals surface area contributed by atoms with Gasteiger partial charge in [0.1, 0.15) is 18.6 Å². The molecular weight excluding hydrogens is 416 g/mol. The maximum atomic E-state index is 6.36. The highest BCUT2D eigenvalue weighted by Crippen LogP contribution is 2.40. The van der Waals surface area contributed by atoms with Gasteiger partial charge in [-0.15, -0.1) is 0 Å². The first-order chi connectivity index (χ1) is 16.3. The zero-order chi connectivity index (χ0) is 23.9. The third-order valence-electron chi connectivity index (χ3n) is 6.81. The molecule has 3 aromatic rings. The largest absolute Gasteiger partial charge is 0.456 e. The van der Waals surface area contributed by atoms with E-state index in [9.17, 15) is 0 Å². The van der Waals surface area contributed by atoms with Gasteiger partial charge in [0, 0.05) is 43.1 Å². The summed E-state index contributed by atoms with van der Waals surface area (Å²) < 4.78 is 8.64. The molecule has 3 aromatic carbocycles. The summed E-state index contributed by atoms with van der Waals surface area (Å²) >= 11 is 0. The molecule has 34 heavy (non-hydrogen) atoms. The summed E-state index contributed by atoms with van der Waals surface area (Å²) in [6, 6.07) is 25.5. The molecule has 0 saturated carbocycles. The van der Waals surface area contributed by atoms with Gasteiger partial charge in [0.05, 0.1) is 5.41 Å². The van der Waals surface area contributed by atoms with Crippen molar-refractivity contribution in [2.45, 2.75) is 19.3 Å². The van der Waals surface area contributed by atoms with Crippen molar-refractivity contribution in [2.24, 2.45) is 0 Å². The second-order valence-corrected chi connectivity index (χ2v) is 9.65. The molecular formula is C31H31N2O+. The number of fused-ring (bicyclic) bond motifs is 2. The van der Waals surface area contributed by atoms with Gasteiger partial charge in [0.25, 0.3) is 0 Å². The molecule has 0 spiro atoms. The minimum absolute atomic E-state index is 0.101. The Bertz CT molecular complexity index is 1370. The third kappa shape index (κ3) is 3.88. The molecule has 170 valence electrons. The number of rotatable bonds is 4. The normalized spacial score (nSPS) is 17.4.